The minimum absolute atomic E-state index is 0.290. The molecule has 1 aromatic carbocycles. The molecule has 1 heterocycles. The van der Waals surface area contributed by atoms with Gasteiger partial charge in [-0.2, -0.15) is 0 Å². The number of benzene rings is 1. The van der Waals surface area contributed by atoms with Crippen molar-refractivity contribution in [1.29, 1.82) is 0 Å². The van der Waals surface area contributed by atoms with Crippen LogP contribution in [0.15, 0.2) is 24.4 Å². The lowest BCUT2D eigenvalue weighted by atomic mass is 10.1. The normalized spacial score (nSPS) is 11.5. The predicted molar refractivity (Wildman–Crippen MR) is 96.5 cm³/mol. The summed E-state index contributed by atoms with van der Waals surface area (Å²) < 4.78 is 5.15. The lowest BCUT2D eigenvalue weighted by Crippen LogP contribution is -2.37. The number of likely N-dealkylation sites (N-methyl/N-ethyl adjacent to an activating group) is 1. The third-order valence-electron chi connectivity index (χ3n) is 3.79. The van der Waals surface area contributed by atoms with Crippen molar-refractivity contribution in [3.63, 3.8) is 0 Å². The molecule has 0 bridgehead atoms. The van der Waals surface area contributed by atoms with Crippen LogP contribution in [0.2, 0.25) is 0 Å². The lowest BCUT2D eigenvalue weighted by Gasteiger charge is -2.17. The minimum atomic E-state index is -0.495. The molecule has 1 aromatic heterocycles. The summed E-state index contributed by atoms with van der Waals surface area (Å²) >= 11 is 0. The maximum Gasteiger partial charge on any atom is 0.424 e. The van der Waals surface area contributed by atoms with Crippen LogP contribution < -0.4 is 5.84 Å². The molecule has 3 N–H and O–H groups in total. The van der Waals surface area contributed by atoms with Crippen LogP contribution in [0, 0.1) is 5.92 Å². The van der Waals surface area contributed by atoms with Crippen molar-refractivity contribution in [3.8, 4) is 0 Å². The van der Waals surface area contributed by atoms with Gasteiger partial charge in [0.2, 0.25) is 0 Å². The topological polar surface area (TPSA) is 74.6 Å². The van der Waals surface area contributed by atoms with Crippen LogP contribution in [0.25, 0.3) is 10.9 Å². The third kappa shape index (κ3) is 4.97. The Morgan fingerprint density at radius 3 is 2.75 bits per heavy atom. The predicted octanol–water partition coefficient (Wildman–Crippen LogP) is 2.74. The van der Waals surface area contributed by atoms with Crippen molar-refractivity contribution in [1.82, 2.24) is 14.9 Å². The molecule has 0 unspecified atom stereocenters. The number of hydrazine groups is 1. The van der Waals surface area contributed by atoms with Gasteiger partial charge < -0.3 is 14.6 Å². The third-order valence-corrected chi connectivity index (χ3v) is 3.79. The molecule has 0 saturated heterocycles. The summed E-state index contributed by atoms with van der Waals surface area (Å²) in [6.07, 6.45) is 2.53. The standard InChI is InChI=1S/C18H28N4O2/c1-13(2)12-24-18(23)22(19)11-14-5-6-17-16(9-14)15(10-20-17)7-8-21(3)4/h5-6,9-10,13,20H,7-8,11-12,19H2,1-4H3. The molecule has 0 spiro atoms. The monoisotopic (exact) mass is 332 g/mol. The van der Waals surface area contributed by atoms with Crippen LogP contribution >= 0.6 is 0 Å². The van der Waals surface area contributed by atoms with Crippen molar-refractivity contribution < 1.29 is 9.53 Å². The molecular weight excluding hydrogens is 304 g/mol. The van der Waals surface area contributed by atoms with Gasteiger partial charge in [-0.25, -0.2) is 15.6 Å². The SMILES string of the molecule is CC(C)COC(=O)N(N)Cc1ccc2[nH]cc(CCN(C)C)c2c1. The summed E-state index contributed by atoms with van der Waals surface area (Å²) in [6, 6.07) is 6.09. The number of aromatic nitrogens is 1. The minimum Gasteiger partial charge on any atom is -0.448 e. The molecular formula is C18H28N4O2. The van der Waals surface area contributed by atoms with Gasteiger partial charge in [-0.05, 0) is 49.7 Å². The molecule has 0 aliphatic heterocycles. The Hall–Kier alpha value is -2.05. The summed E-state index contributed by atoms with van der Waals surface area (Å²) in [5.41, 5.74) is 3.35. The van der Waals surface area contributed by atoms with Gasteiger partial charge in [-0.1, -0.05) is 19.9 Å². The maximum atomic E-state index is 11.9. The number of rotatable bonds is 7. The van der Waals surface area contributed by atoms with E-state index in [1.807, 2.05) is 26.0 Å². The average molecular weight is 332 g/mol. The van der Waals surface area contributed by atoms with Crippen LogP contribution in [0.4, 0.5) is 4.79 Å². The van der Waals surface area contributed by atoms with Gasteiger partial charge in [-0.15, -0.1) is 0 Å². The van der Waals surface area contributed by atoms with E-state index in [0.29, 0.717) is 13.2 Å². The van der Waals surface area contributed by atoms with Crippen LogP contribution in [0.3, 0.4) is 0 Å². The summed E-state index contributed by atoms with van der Waals surface area (Å²) in [5.74, 6) is 6.13. The Balaban J connectivity index is 2.06. The van der Waals surface area contributed by atoms with E-state index in [9.17, 15) is 4.79 Å². The fourth-order valence-electron chi connectivity index (χ4n) is 2.46. The van der Waals surface area contributed by atoms with Crippen molar-refractivity contribution >= 4 is 17.0 Å². The molecule has 6 heteroatoms. The van der Waals surface area contributed by atoms with Gasteiger partial charge in [0.1, 0.15) is 0 Å². The molecule has 0 saturated carbocycles. The molecule has 0 aliphatic rings. The maximum absolute atomic E-state index is 11.9. The first-order valence-corrected chi connectivity index (χ1v) is 8.29. The van der Waals surface area contributed by atoms with Crippen molar-refractivity contribution in [2.45, 2.75) is 26.8 Å². The molecule has 132 valence electrons. The lowest BCUT2D eigenvalue weighted by molar-refractivity contribution is 0.0897. The number of nitrogens with two attached hydrogens (primary N) is 1. The number of fused-ring (bicyclic) bond motifs is 1. The zero-order chi connectivity index (χ0) is 17.7. The first-order chi connectivity index (χ1) is 11.4. The number of nitrogens with zero attached hydrogens (tertiary/aromatic N) is 2. The van der Waals surface area contributed by atoms with Crippen LogP contribution in [-0.4, -0.2) is 48.2 Å². The van der Waals surface area contributed by atoms with Gasteiger partial charge in [0, 0.05) is 23.6 Å². The van der Waals surface area contributed by atoms with Crippen LogP contribution in [-0.2, 0) is 17.7 Å². The number of aromatic amines is 1. The van der Waals surface area contributed by atoms with Crippen molar-refractivity contribution in [2.24, 2.45) is 11.8 Å². The second-order valence-electron chi connectivity index (χ2n) is 6.85. The van der Waals surface area contributed by atoms with Gasteiger partial charge in [0.05, 0.1) is 13.2 Å². The largest absolute Gasteiger partial charge is 0.448 e. The van der Waals surface area contributed by atoms with E-state index in [0.717, 1.165) is 29.1 Å². The van der Waals surface area contributed by atoms with Gasteiger partial charge in [-0.3, -0.25) is 0 Å². The van der Waals surface area contributed by atoms with E-state index in [-0.39, 0.29) is 5.92 Å². The zero-order valence-corrected chi connectivity index (χ0v) is 15.0. The highest BCUT2D eigenvalue weighted by Gasteiger charge is 2.13. The number of carbonyl (C=O) groups excluding carboxylic acids is 1. The molecule has 24 heavy (non-hydrogen) atoms. The van der Waals surface area contributed by atoms with Gasteiger partial charge in [0.15, 0.2) is 0 Å². The fourth-order valence-corrected chi connectivity index (χ4v) is 2.46. The Labute approximate surface area is 143 Å². The van der Waals surface area contributed by atoms with E-state index in [2.05, 4.69) is 36.2 Å². The number of nitrogens with one attached hydrogen (secondary N) is 1. The summed E-state index contributed by atoms with van der Waals surface area (Å²) in [7, 11) is 4.13. The Morgan fingerprint density at radius 1 is 1.33 bits per heavy atom. The number of amides is 1. The van der Waals surface area contributed by atoms with E-state index >= 15 is 0 Å². The number of ether oxygens (including phenoxy) is 1. The summed E-state index contributed by atoms with van der Waals surface area (Å²) in [6.45, 7) is 5.66. The molecule has 2 aromatic rings. The Bertz CT molecular complexity index is 679. The van der Waals surface area contributed by atoms with Crippen molar-refractivity contribution in [2.75, 3.05) is 27.2 Å². The van der Waals surface area contributed by atoms with E-state index in [1.54, 1.807) is 0 Å². The first-order valence-electron chi connectivity index (χ1n) is 8.29. The smallest absolute Gasteiger partial charge is 0.424 e. The highest BCUT2D eigenvalue weighted by Crippen LogP contribution is 2.21. The average Bonchev–Trinajstić information content (AvgIpc) is 2.92. The van der Waals surface area contributed by atoms with E-state index in [4.69, 9.17) is 10.6 Å². The summed E-state index contributed by atoms with van der Waals surface area (Å²) in [5, 5.41) is 2.30. The van der Waals surface area contributed by atoms with Crippen LogP contribution in [0.5, 0.6) is 0 Å². The second-order valence-corrected chi connectivity index (χ2v) is 6.85. The van der Waals surface area contributed by atoms with Gasteiger partial charge in [0.25, 0.3) is 0 Å². The molecule has 2 rings (SSSR count). The molecule has 0 atom stereocenters. The Morgan fingerprint density at radius 2 is 2.08 bits per heavy atom. The van der Waals surface area contributed by atoms with Crippen molar-refractivity contribution in [3.05, 3.63) is 35.5 Å². The molecule has 1 amide bonds. The first kappa shape index (κ1) is 18.3. The highest BCUT2D eigenvalue weighted by atomic mass is 16.6. The number of H-pyrrole nitrogens is 1. The van der Waals surface area contributed by atoms with E-state index < -0.39 is 6.09 Å². The fraction of sp³-hybridized carbons (Fsp3) is 0.500. The Kier molecular flexibility index (Phi) is 6.23. The zero-order valence-electron chi connectivity index (χ0n) is 15.0. The summed E-state index contributed by atoms with van der Waals surface area (Å²) in [4.78, 5) is 17.3. The number of hydrogen-bond acceptors (Lipinski definition) is 4. The van der Waals surface area contributed by atoms with Gasteiger partial charge >= 0.3 is 6.09 Å². The quantitative estimate of drug-likeness (QED) is 0.464. The number of carbonyl (C=O) groups is 1. The van der Waals surface area contributed by atoms with E-state index in [1.165, 1.54) is 10.9 Å². The molecule has 6 nitrogen and oxygen atoms in total. The second kappa shape index (κ2) is 8.17. The molecule has 0 fully saturated rings. The highest BCUT2D eigenvalue weighted by molar-refractivity contribution is 5.84. The van der Waals surface area contributed by atoms with Crippen LogP contribution in [0.1, 0.15) is 25.0 Å². The molecule has 0 radical (unpaired) electrons. The number of hydrogen-bond donors (Lipinski definition) is 2. The molecule has 0 aliphatic carbocycles.